The third-order valence-corrected chi connectivity index (χ3v) is 1.38. The van der Waals surface area contributed by atoms with E-state index in [1.54, 1.807) is 12.1 Å². The average Bonchev–Trinajstić information content (AvgIpc) is 2.19. The molecule has 0 bridgehead atoms. The van der Waals surface area contributed by atoms with Gasteiger partial charge in [-0.25, -0.2) is 0 Å². The topological polar surface area (TPSA) is 88.3 Å². The molecule has 0 amide bonds. The Morgan fingerprint density at radius 2 is 2.29 bits per heavy atom. The van der Waals surface area contributed by atoms with Crippen LogP contribution in [0, 0.1) is 0 Å². The molecule has 0 aromatic carbocycles. The second-order valence-corrected chi connectivity index (χ2v) is 2.34. The number of azo groups is 1. The van der Waals surface area contributed by atoms with Gasteiger partial charge in [0.1, 0.15) is 5.69 Å². The Bertz CT molecular complexity index is 364. The lowest BCUT2D eigenvalue weighted by atomic mass is 10.3. The highest BCUT2D eigenvalue weighted by molar-refractivity contribution is 5.97. The molecule has 2 N–H and O–H groups in total. The van der Waals surface area contributed by atoms with Crippen LogP contribution in [0.3, 0.4) is 0 Å². The first kappa shape index (κ1) is 9.97. The minimum atomic E-state index is 0.308. The normalized spacial score (nSPS) is 11.9. The number of anilines is 1. The first-order valence-electron chi connectivity index (χ1n) is 3.83. The van der Waals surface area contributed by atoms with Crippen LogP contribution in [0.5, 0.6) is 0 Å². The van der Waals surface area contributed by atoms with Gasteiger partial charge in [0.05, 0.1) is 11.9 Å². The van der Waals surface area contributed by atoms with Gasteiger partial charge in [-0.3, -0.25) is 4.98 Å². The van der Waals surface area contributed by atoms with Gasteiger partial charge in [-0.15, -0.1) is 10.2 Å². The SMILES string of the molecule is C=N/N=C(\N=NC)c1ccc(N)cn1. The molecule has 1 heterocycles. The van der Waals surface area contributed by atoms with E-state index in [9.17, 15) is 0 Å². The molecule has 72 valence electrons. The first-order chi connectivity index (χ1) is 6.77. The van der Waals surface area contributed by atoms with Crippen molar-refractivity contribution in [2.75, 3.05) is 12.8 Å². The van der Waals surface area contributed by atoms with Crippen LogP contribution < -0.4 is 5.73 Å². The molecule has 6 heteroatoms. The smallest absolute Gasteiger partial charge is 0.221 e. The molecule has 1 aromatic rings. The van der Waals surface area contributed by atoms with Gasteiger partial charge in [0.25, 0.3) is 0 Å². The summed E-state index contributed by atoms with van der Waals surface area (Å²) in [7, 11) is 1.54. The molecule has 14 heavy (non-hydrogen) atoms. The van der Waals surface area contributed by atoms with Gasteiger partial charge < -0.3 is 5.73 Å². The van der Waals surface area contributed by atoms with Crippen molar-refractivity contribution in [2.24, 2.45) is 20.4 Å². The molecule has 0 aliphatic heterocycles. The summed E-state index contributed by atoms with van der Waals surface area (Å²) in [5.74, 6) is 0.308. The summed E-state index contributed by atoms with van der Waals surface area (Å²) < 4.78 is 0. The molecule has 0 fully saturated rings. The largest absolute Gasteiger partial charge is 0.397 e. The number of rotatable bonds is 2. The number of hydrogen-bond acceptors (Lipinski definition) is 5. The zero-order chi connectivity index (χ0) is 10.4. The van der Waals surface area contributed by atoms with Gasteiger partial charge in [0, 0.05) is 13.8 Å². The predicted molar refractivity (Wildman–Crippen MR) is 55.5 cm³/mol. The van der Waals surface area contributed by atoms with Gasteiger partial charge in [-0.1, -0.05) is 0 Å². The van der Waals surface area contributed by atoms with E-state index in [0.29, 0.717) is 17.2 Å². The van der Waals surface area contributed by atoms with Crippen molar-refractivity contribution in [3.05, 3.63) is 24.0 Å². The van der Waals surface area contributed by atoms with E-state index in [4.69, 9.17) is 5.73 Å². The van der Waals surface area contributed by atoms with Crippen molar-refractivity contribution < 1.29 is 0 Å². The van der Waals surface area contributed by atoms with Gasteiger partial charge in [-0.05, 0) is 12.1 Å². The van der Waals surface area contributed by atoms with Gasteiger partial charge in [-0.2, -0.15) is 10.2 Å². The molecule has 0 saturated heterocycles. The van der Waals surface area contributed by atoms with Crippen LogP contribution in [0.25, 0.3) is 0 Å². The summed E-state index contributed by atoms with van der Waals surface area (Å²) in [6.07, 6.45) is 1.51. The molecule has 1 aromatic heterocycles. The van der Waals surface area contributed by atoms with Crippen LogP contribution in [-0.4, -0.2) is 24.6 Å². The van der Waals surface area contributed by atoms with E-state index in [1.807, 2.05) is 0 Å². The lowest BCUT2D eigenvalue weighted by Gasteiger charge is -1.97. The number of aromatic nitrogens is 1. The van der Waals surface area contributed by atoms with Crippen LogP contribution in [0.2, 0.25) is 0 Å². The van der Waals surface area contributed by atoms with Crippen LogP contribution in [0.15, 0.2) is 38.8 Å². The molecule has 0 unspecified atom stereocenters. The van der Waals surface area contributed by atoms with Crippen LogP contribution in [0.4, 0.5) is 5.69 Å². The maximum Gasteiger partial charge on any atom is 0.221 e. The third kappa shape index (κ3) is 2.44. The Morgan fingerprint density at radius 3 is 2.79 bits per heavy atom. The summed E-state index contributed by atoms with van der Waals surface area (Å²) in [6, 6.07) is 3.39. The summed E-state index contributed by atoms with van der Waals surface area (Å²) in [5.41, 5.74) is 6.61. The maximum absolute atomic E-state index is 5.48. The fourth-order valence-corrected chi connectivity index (χ4v) is 0.822. The van der Waals surface area contributed by atoms with Crippen molar-refractivity contribution in [2.45, 2.75) is 0 Å². The van der Waals surface area contributed by atoms with Crippen LogP contribution >= 0.6 is 0 Å². The second kappa shape index (κ2) is 4.80. The Kier molecular flexibility index (Phi) is 3.42. The van der Waals surface area contributed by atoms with Crippen molar-refractivity contribution >= 4 is 18.2 Å². The summed E-state index contributed by atoms with van der Waals surface area (Å²) >= 11 is 0. The monoisotopic (exact) mass is 190 g/mol. The Hall–Kier alpha value is -2.11. The van der Waals surface area contributed by atoms with E-state index in [0.717, 1.165) is 0 Å². The standard InChI is InChI=1S/C8H10N6/c1-10-13-8(14-11-2)7-4-3-6(9)5-12-7/h3-5H,1,9H2,2H3/b13-8-,14-11?. The fourth-order valence-electron chi connectivity index (χ4n) is 0.822. The van der Waals surface area contributed by atoms with Crippen molar-refractivity contribution in [3.8, 4) is 0 Å². The first-order valence-corrected chi connectivity index (χ1v) is 3.83. The Labute approximate surface area is 81.3 Å². The quantitative estimate of drug-likeness (QED) is 0.327. The molecule has 1 rings (SSSR count). The minimum absolute atomic E-state index is 0.308. The van der Waals surface area contributed by atoms with Gasteiger partial charge in [0.15, 0.2) is 0 Å². The molecule has 0 aliphatic rings. The highest BCUT2D eigenvalue weighted by Gasteiger charge is 2.02. The minimum Gasteiger partial charge on any atom is -0.397 e. The molecule has 0 spiro atoms. The number of nitrogens with two attached hydrogens (primary N) is 1. The van der Waals surface area contributed by atoms with E-state index in [1.165, 1.54) is 13.2 Å². The molecule has 0 radical (unpaired) electrons. The van der Waals surface area contributed by atoms with Gasteiger partial charge >= 0.3 is 0 Å². The zero-order valence-corrected chi connectivity index (χ0v) is 7.75. The molecule has 0 saturated carbocycles. The van der Waals surface area contributed by atoms with Crippen LogP contribution in [-0.2, 0) is 0 Å². The summed E-state index contributed by atoms with van der Waals surface area (Å²) in [4.78, 5) is 4.02. The molecule has 6 nitrogen and oxygen atoms in total. The van der Waals surface area contributed by atoms with E-state index in [2.05, 4.69) is 32.1 Å². The van der Waals surface area contributed by atoms with Crippen molar-refractivity contribution in [3.63, 3.8) is 0 Å². The van der Waals surface area contributed by atoms with E-state index < -0.39 is 0 Å². The van der Waals surface area contributed by atoms with Gasteiger partial charge in [0.2, 0.25) is 5.84 Å². The number of nitrogens with zero attached hydrogens (tertiary/aromatic N) is 5. The lowest BCUT2D eigenvalue weighted by Crippen LogP contribution is -2.00. The average molecular weight is 190 g/mol. The molecule has 0 aliphatic carbocycles. The fraction of sp³-hybridized carbons (Fsp3) is 0.125. The Morgan fingerprint density at radius 1 is 1.50 bits per heavy atom. The highest BCUT2D eigenvalue weighted by Crippen LogP contribution is 2.04. The Balaban J connectivity index is 3.05. The number of hydrogen-bond donors (Lipinski definition) is 1. The number of nitrogen functional groups attached to an aromatic ring is 1. The maximum atomic E-state index is 5.48. The number of amidine groups is 1. The van der Waals surface area contributed by atoms with E-state index in [-0.39, 0.29) is 0 Å². The molecule has 0 atom stereocenters. The second-order valence-electron chi connectivity index (χ2n) is 2.34. The highest BCUT2D eigenvalue weighted by atomic mass is 15.3. The molecular weight excluding hydrogens is 180 g/mol. The van der Waals surface area contributed by atoms with Crippen molar-refractivity contribution in [1.29, 1.82) is 0 Å². The number of pyridine rings is 1. The molecular formula is C8H10N6. The van der Waals surface area contributed by atoms with E-state index >= 15 is 0 Å². The zero-order valence-electron chi connectivity index (χ0n) is 7.75. The van der Waals surface area contributed by atoms with Crippen molar-refractivity contribution in [1.82, 2.24) is 4.98 Å². The predicted octanol–water partition coefficient (Wildman–Crippen LogP) is 1.11. The summed E-state index contributed by atoms with van der Waals surface area (Å²) in [6.45, 7) is 3.23. The summed E-state index contributed by atoms with van der Waals surface area (Å²) in [5, 5.41) is 14.4. The van der Waals surface area contributed by atoms with Crippen LogP contribution in [0.1, 0.15) is 5.69 Å². The third-order valence-electron chi connectivity index (χ3n) is 1.38. The lowest BCUT2D eigenvalue weighted by molar-refractivity contribution is 1.13.